The van der Waals surface area contributed by atoms with Crippen LogP contribution in [0.4, 0.5) is 38.9 Å². The van der Waals surface area contributed by atoms with Crippen molar-refractivity contribution in [3.05, 3.63) is 59.5 Å². The molecular formula is C33H41BrFN9O3S. The van der Waals surface area contributed by atoms with Crippen LogP contribution in [0.1, 0.15) is 25.7 Å². The summed E-state index contributed by atoms with van der Waals surface area (Å²) < 4.78 is 47.6. The quantitative estimate of drug-likeness (QED) is 0.164. The highest BCUT2D eigenvalue weighted by Gasteiger charge is 2.38. The smallest absolute Gasteiger partial charge is 0.229 e. The lowest BCUT2D eigenvalue weighted by Crippen LogP contribution is -2.47. The number of para-hydroxylation sites is 2. The zero-order chi connectivity index (χ0) is 33.9. The van der Waals surface area contributed by atoms with Gasteiger partial charge < -0.3 is 25.2 Å². The summed E-state index contributed by atoms with van der Waals surface area (Å²) in [4.78, 5) is 13.9. The molecule has 0 amide bonds. The van der Waals surface area contributed by atoms with Crippen molar-refractivity contribution in [3.8, 4) is 16.9 Å². The molecule has 15 heteroatoms. The highest BCUT2D eigenvalue weighted by molar-refractivity contribution is 9.10. The van der Waals surface area contributed by atoms with Gasteiger partial charge in [0.15, 0.2) is 0 Å². The van der Waals surface area contributed by atoms with E-state index in [1.54, 1.807) is 42.3 Å². The maximum absolute atomic E-state index is 12.9. The number of anilines is 6. The van der Waals surface area contributed by atoms with Gasteiger partial charge in [-0.3, -0.25) is 9.40 Å². The van der Waals surface area contributed by atoms with Crippen LogP contribution in [0.3, 0.4) is 0 Å². The van der Waals surface area contributed by atoms with Gasteiger partial charge in [0, 0.05) is 62.0 Å². The Morgan fingerprint density at radius 1 is 1.00 bits per heavy atom. The number of rotatable bonds is 11. The number of sulfonamides is 1. The summed E-state index contributed by atoms with van der Waals surface area (Å²) in [6.45, 7) is 4.05. The molecule has 12 nitrogen and oxygen atoms in total. The van der Waals surface area contributed by atoms with E-state index in [0.29, 0.717) is 51.0 Å². The Kier molecular flexibility index (Phi) is 10.1. The molecule has 4 aromatic rings. The number of alkyl halides is 1. The second-order valence-electron chi connectivity index (χ2n) is 12.5. The van der Waals surface area contributed by atoms with E-state index < -0.39 is 10.0 Å². The molecular weight excluding hydrogens is 701 g/mol. The Balaban J connectivity index is 1.27. The monoisotopic (exact) mass is 741 g/mol. The second kappa shape index (κ2) is 14.3. The number of nitrogens with zero attached hydrogens (tertiary/aromatic N) is 6. The van der Waals surface area contributed by atoms with Crippen molar-refractivity contribution in [1.82, 2.24) is 24.6 Å². The predicted octanol–water partition coefficient (Wildman–Crippen LogP) is 6.16. The van der Waals surface area contributed by atoms with E-state index in [0.717, 1.165) is 74.9 Å². The number of hydrogen-bond donors (Lipinski definition) is 3. The van der Waals surface area contributed by atoms with Crippen LogP contribution in [-0.2, 0) is 17.1 Å². The normalized spacial score (nSPS) is 16.6. The van der Waals surface area contributed by atoms with Crippen molar-refractivity contribution >= 4 is 60.5 Å². The molecule has 2 aliphatic rings. The Bertz CT molecular complexity index is 1850. The predicted molar refractivity (Wildman–Crippen MR) is 192 cm³/mol. The Morgan fingerprint density at radius 3 is 2.35 bits per heavy atom. The minimum Gasteiger partial charge on any atom is -0.494 e. The zero-order valence-electron chi connectivity index (χ0n) is 27.3. The summed E-state index contributed by atoms with van der Waals surface area (Å²) in [6.07, 6.45) is 11.0. The van der Waals surface area contributed by atoms with Crippen LogP contribution in [-0.4, -0.2) is 85.8 Å². The molecule has 2 fully saturated rings. The lowest BCUT2D eigenvalue weighted by atomic mass is 9.71. The van der Waals surface area contributed by atoms with Gasteiger partial charge in [0.1, 0.15) is 18.2 Å². The fourth-order valence-electron chi connectivity index (χ4n) is 6.63. The van der Waals surface area contributed by atoms with Gasteiger partial charge >= 0.3 is 0 Å². The number of halogens is 2. The Hall–Kier alpha value is -3.95. The molecule has 2 aromatic carbocycles. The number of nitrogens with one attached hydrogen (secondary N) is 3. The van der Waals surface area contributed by atoms with Crippen LogP contribution in [0.15, 0.2) is 59.5 Å². The van der Waals surface area contributed by atoms with Gasteiger partial charge in [-0.2, -0.15) is 10.1 Å². The van der Waals surface area contributed by atoms with Crippen LogP contribution in [0.2, 0.25) is 0 Å². The van der Waals surface area contributed by atoms with Gasteiger partial charge in [-0.05, 0) is 78.3 Å². The molecule has 0 atom stereocenters. The molecule has 1 spiro atoms. The Morgan fingerprint density at radius 2 is 1.71 bits per heavy atom. The van der Waals surface area contributed by atoms with Gasteiger partial charge in [0.25, 0.3) is 0 Å². The van der Waals surface area contributed by atoms with Crippen LogP contribution in [0.5, 0.6) is 5.75 Å². The number of aryl methyl sites for hydroxylation is 1. The number of likely N-dealkylation sites (tertiary alicyclic amines) is 1. The van der Waals surface area contributed by atoms with Crippen molar-refractivity contribution in [3.63, 3.8) is 0 Å². The maximum atomic E-state index is 12.9. The fourth-order valence-corrected chi connectivity index (χ4v) is 7.49. The minimum absolute atomic E-state index is 0.282. The molecule has 4 heterocycles. The van der Waals surface area contributed by atoms with Crippen LogP contribution in [0, 0.1) is 5.41 Å². The topological polar surface area (TPSA) is 130 Å². The van der Waals surface area contributed by atoms with Crippen molar-refractivity contribution in [1.29, 1.82) is 0 Å². The van der Waals surface area contributed by atoms with Gasteiger partial charge in [-0.1, -0.05) is 12.1 Å². The first kappa shape index (κ1) is 33.9. The lowest BCUT2D eigenvalue weighted by Gasteiger charge is -2.47. The summed E-state index contributed by atoms with van der Waals surface area (Å²) in [5, 5.41) is 11.0. The van der Waals surface area contributed by atoms with Gasteiger partial charge in [-0.15, -0.1) is 0 Å². The standard InChI is InChI=1S/C33H41BrFN9O3S/c1-42-22-23(20-37-42)24-18-28(30(47-2)19-29(24)44-15-10-33(11-16-44)8-13-43(14-9-33)17-12-35)39-32-36-21-25(34)31(40-32)38-26-6-4-5-7-27(26)41-48(3,45)46/h4-7,18-22,41H,8-17H2,1-3H3,(H2,36,38,39,40). The zero-order valence-corrected chi connectivity index (χ0v) is 29.7. The number of piperidine rings is 2. The van der Waals surface area contributed by atoms with Gasteiger partial charge in [0.05, 0.1) is 41.1 Å². The molecule has 48 heavy (non-hydrogen) atoms. The van der Waals surface area contributed by atoms with Crippen molar-refractivity contribution in [2.75, 3.05) is 73.0 Å². The van der Waals surface area contributed by atoms with E-state index in [-0.39, 0.29) is 6.67 Å². The molecule has 0 bridgehead atoms. The van der Waals surface area contributed by atoms with E-state index in [2.05, 4.69) is 63.3 Å². The lowest BCUT2D eigenvalue weighted by molar-refractivity contribution is 0.0764. The minimum atomic E-state index is -3.49. The highest BCUT2D eigenvalue weighted by Crippen LogP contribution is 2.46. The van der Waals surface area contributed by atoms with Crippen molar-refractivity contribution < 1.29 is 17.5 Å². The van der Waals surface area contributed by atoms with Gasteiger partial charge in [-0.25, -0.2) is 17.8 Å². The molecule has 2 aromatic heterocycles. The third kappa shape index (κ3) is 7.84. The first-order chi connectivity index (χ1) is 23.0. The summed E-state index contributed by atoms with van der Waals surface area (Å²) in [6, 6.07) is 11.1. The molecule has 6 rings (SSSR count). The SMILES string of the molecule is COc1cc(N2CCC3(CCN(CCF)CC3)CC2)c(-c2cnn(C)c2)cc1Nc1ncc(Br)c(Nc2ccccc2NS(C)(=O)=O)n1. The number of methoxy groups -OCH3 is 1. The summed E-state index contributed by atoms with van der Waals surface area (Å²) in [5.74, 6) is 1.40. The first-order valence-electron chi connectivity index (χ1n) is 15.9. The number of ether oxygens (including phenoxy) is 1. The number of hydrogen-bond acceptors (Lipinski definition) is 10. The van der Waals surface area contributed by atoms with E-state index in [4.69, 9.17) is 9.72 Å². The summed E-state index contributed by atoms with van der Waals surface area (Å²) >= 11 is 3.51. The molecule has 256 valence electrons. The van der Waals surface area contributed by atoms with E-state index in [9.17, 15) is 12.8 Å². The number of benzene rings is 2. The van der Waals surface area contributed by atoms with E-state index in [1.165, 1.54) is 0 Å². The second-order valence-corrected chi connectivity index (χ2v) is 15.2. The molecule has 0 saturated carbocycles. The van der Waals surface area contributed by atoms with Crippen molar-refractivity contribution in [2.45, 2.75) is 25.7 Å². The molecule has 2 saturated heterocycles. The van der Waals surface area contributed by atoms with E-state index in [1.807, 2.05) is 19.4 Å². The van der Waals surface area contributed by atoms with Crippen LogP contribution >= 0.6 is 15.9 Å². The van der Waals surface area contributed by atoms with Gasteiger partial charge in [0.2, 0.25) is 16.0 Å². The van der Waals surface area contributed by atoms with E-state index >= 15 is 0 Å². The molecule has 0 radical (unpaired) electrons. The molecule has 0 aliphatic carbocycles. The largest absolute Gasteiger partial charge is 0.494 e. The molecule has 2 aliphatic heterocycles. The molecule has 3 N–H and O–H groups in total. The first-order valence-corrected chi connectivity index (χ1v) is 18.6. The number of aromatic nitrogens is 4. The average molecular weight is 743 g/mol. The fraction of sp³-hybridized carbons (Fsp3) is 0.424. The third-order valence-electron chi connectivity index (χ3n) is 9.28. The third-order valence-corrected chi connectivity index (χ3v) is 10.5. The van der Waals surface area contributed by atoms with Crippen LogP contribution < -0.4 is 25.0 Å². The molecule has 0 unspecified atom stereocenters. The Labute approximate surface area is 289 Å². The maximum Gasteiger partial charge on any atom is 0.229 e. The highest BCUT2D eigenvalue weighted by atomic mass is 79.9. The summed E-state index contributed by atoms with van der Waals surface area (Å²) in [7, 11) is 0.0560. The van der Waals surface area contributed by atoms with Crippen molar-refractivity contribution in [2.24, 2.45) is 12.5 Å². The average Bonchev–Trinajstić information content (AvgIpc) is 3.50. The van der Waals surface area contributed by atoms with Crippen LogP contribution in [0.25, 0.3) is 11.1 Å². The summed E-state index contributed by atoms with van der Waals surface area (Å²) in [5.41, 5.74) is 4.98.